The van der Waals surface area contributed by atoms with Crippen molar-refractivity contribution in [2.45, 2.75) is 64.1 Å². The molecule has 0 amide bonds. The predicted molar refractivity (Wildman–Crippen MR) is 121 cm³/mol. The van der Waals surface area contributed by atoms with Crippen LogP contribution in [0.25, 0.3) is 0 Å². The van der Waals surface area contributed by atoms with Crippen molar-refractivity contribution >= 4 is 5.82 Å². The molecule has 170 valence electrons. The molecule has 1 atom stereocenters. The molecule has 5 nitrogen and oxygen atoms in total. The van der Waals surface area contributed by atoms with E-state index in [2.05, 4.69) is 20.2 Å². The molecular weight excluding hydrogens is 403 g/mol. The molecule has 4 saturated carbocycles. The molecular formula is C26H33FN4O. The number of nitrogens with zero attached hydrogens (tertiary/aromatic N) is 3. The van der Waals surface area contributed by atoms with Crippen molar-refractivity contribution in [2.75, 3.05) is 18.4 Å². The van der Waals surface area contributed by atoms with Gasteiger partial charge in [-0.3, -0.25) is 4.90 Å². The number of hydrogen-bond donors (Lipinski definition) is 2. The SMILES string of the molecule is OC(CNc1ncnc2c1CCN(Cc1ccc(F)cc1)C2)C12CC3CC(CC(C3)C1)C2. The summed E-state index contributed by atoms with van der Waals surface area (Å²) >= 11 is 0. The van der Waals surface area contributed by atoms with Crippen LogP contribution in [0.4, 0.5) is 10.2 Å². The summed E-state index contributed by atoms with van der Waals surface area (Å²) in [6, 6.07) is 6.74. The quantitative estimate of drug-likeness (QED) is 0.712. The third kappa shape index (κ3) is 3.81. The Morgan fingerprint density at radius 1 is 1.06 bits per heavy atom. The Hall–Kier alpha value is -2.05. The Kier molecular flexibility index (Phi) is 5.18. The van der Waals surface area contributed by atoms with Crippen molar-refractivity contribution < 1.29 is 9.50 Å². The van der Waals surface area contributed by atoms with Crippen LogP contribution in [0.1, 0.15) is 55.3 Å². The number of rotatable bonds is 6. The Labute approximate surface area is 189 Å². The molecule has 0 radical (unpaired) electrons. The smallest absolute Gasteiger partial charge is 0.133 e. The van der Waals surface area contributed by atoms with Crippen molar-refractivity contribution in [2.24, 2.45) is 23.2 Å². The summed E-state index contributed by atoms with van der Waals surface area (Å²) in [6.07, 6.45) is 10.0. The zero-order valence-electron chi connectivity index (χ0n) is 18.6. The molecule has 1 aromatic carbocycles. The highest BCUT2D eigenvalue weighted by molar-refractivity contribution is 5.47. The highest BCUT2D eigenvalue weighted by Crippen LogP contribution is 2.61. The first-order valence-corrected chi connectivity index (χ1v) is 12.3. The van der Waals surface area contributed by atoms with Crippen LogP contribution >= 0.6 is 0 Å². The van der Waals surface area contributed by atoms with Crippen LogP contribution in [0, 0.1) is 29.0 Å². The van der Waals surface area contributed by atoms with Crippen molar-refractivity contribution in [3.05, 3.63) is 53.2 Å². The largest absolute Gasteiger partial charge is 0.391 e. The van der Waals surface area contributed by atoms with Gasteiger partial charge in [0.2, 0.25) is 0 Å². The molecule has 5 aliphatic rings. The third-order valence-corrected chi connectivity index (χ3v) is 8.66. The molecule has 4 aliphatic carbocycles. The van der Waals surface area contributed by atoms with E-state index in [9.17, 15) is 9.50 Å². The molecule has 2 N–H and O–H groups in total. The summed E-state index contributed by atoms with van der Waals surface area (Å²) in [5.41, 5.74) is 3.47. The van der Waals surface area contributed by atoms with E-state index in [0.29, 0.717) is 6.54 Å². The summed E-state index contributed by atoms with van der Waals surface area (Å²) in [6.45, 7) is 3.05. The van der Waals surface area contributed by atoms with Crippen LogP contribution in [-0.2, 0) is 19.5 Å². The van der Waals surface area contributed by atoms with Gasteiger partial charge in [-0.25, -0.2) is 14.4 Å². The van der Waals surface area contributed by atoms with Gasteiger partial charge in [-0.2, -0.15) is 0 Å². The van der Waals surface area contributed by atoms with Crippen molar-refractivity contribution in [1.82, 2.24) is 14.9 Å². The maximum absolute atomic E-state index is 13.2. The first-order valence-electron chi connectivity index (χ1n) is 12.3. The summed E-state index contributed by atoms with van der Waals surface area (Å²) < 4.78 is 13.2. The topological polar surface area (TPSA) is 61.3 Å². The van der Waals surface area contributed by atoms with Gasteiger partial charge < -0.3 is 10.4 Å². The summed E-state index contributed by atoms with van der Waals surface area (Å²) in [4.78, 5) is 11.4. The lowest BCUT2D eigenvalue weighted by atomic mass is 9.48. The second-order valence-corrected chi connectivity index (χ2v) is 10.9. The number of aliphatic hydroxyl groups is 1. The molecule has 2 aromatic rings. The molecule has 4 fully saturated rings. The van der Waals surface area contributed by atoms with E-state index < -0.39 is 0 Å². The number of aliphatic hydroxyl groups excluding tert-OH is 1. The number of benzene rings is 1. The number of nitrogens with one attached hydrogen (secondary N) is 1. The fourth-order valence-electron chi connectivity index (χ4n) is 7.54. The second-order valence-electron chi connectivity index (χ2n) is 10.9. The maximum atomic E-state index is 13.2. The normalized spacial score (nSPS) is 32.0. The Morgan fingerprint density at radius 2 is 1.75 bits per heavy atom. The average molecular weight is 437 g/mol. The first kappa shape index (κ1) is 20.5. The van der Waals surface area contributed by atoms with E-state index in [1.54, 1.807) is 6.33 Å². The molecule has 32 heavy (non-hydrogen) atoms. The highest BCUT2D eigenvalue weighted by Gasteiger charge is 2.53. The Balaban J connectivity index is 1.11. The van der Waals surface area contributed by atoms with E-state index >= 15 is 0 Å². The van der Waals surface area contributed by atoms with Crippen LogP contribution in [0.3, 0.4) is 0 Å². The van der Waals surface area contributed by atoms with Gasteiger partial charge in [-0.05, 0) is 85.8 Å². The average Bonchev–Trinajstić information content (AvgIpc) is 2.78. The number of hydrogen-bond acceptors (Lipinski definition) is 5. The van der Waals surface area contributed by atoms with Crippen LogP contribution < -0.4 is 5.32 Å². The third-order valence-electron chi connectivity index (χ3n) is 8.66. The molecule has 2 heterocycles. The van der Waals surface area contributed by atoms with Crippen molar-refractivity contribution in [3.8, 4) is 0 Å². The van der Waals surface area contributed by atoms with E-state index in [-0.39, 0.29) is 17.3 Å². The highest BCUT2D eigenvalue weighted by atomic mass is 19.1. The minimum Gasteiger partial charge on any atom is -0.391 e. The second kappa shape index (κ2) is 8.07. The standard InChI is InChI=1S/C26H33FN4O/c27-21-3-1-17(2-4-21)14-31-6-5-22-23(15-31)29-16-30-25(22)28-13-24(32)26-10-18-7-19(11-26)9-20(8-18)12-26/h1-4,16,18-20,24,32H,5-15H2,(H,28,29,30). The molecule has 1 aliphatic heterocycles. The van der Waals surface area contributed by atoms with E-state index in [4.69, 9.17) is 0 Å². The number of anilines is 1. The van der Waals surface area contributed by atoms with Gasteiger partial charge >= 0.3 is 0 Å². The lowest BCUT2D eigenvalue weighted by molar-refractivity contribution is -0.115. The van der Waals surface area contributed by atoms with Crippen LogP contribution in [0.5, 0.6) is 0 Å². The fraction of sp³-hybridized carbons (Fsp3) is 0.615. The minimum absolute atomic E-state index is 0.126. The predicted octanol–water partition coefficient (Wildman–Crippen LogP) is 4.16. The molecule has 0 saturated heterocycles. The van der Waals surface area contributed by atoms with Gasteiger partial charge in [-0.1, -0.05) is 12.1 Å². The zero-order valence-corrected chi connectivity index (χ0v) is 18.6. The van der Waals surface area contributed by atoms with E-state index in [1.807, 2.05) is 12.1 Å². The van der Waals surface area contributed by atoms with Gasteiger partial charge in [0.15, 0.2) is 0 Å². The number of fused-ring (bicyclic) bond motifs is 1. The molecule has 6 heteroatoms. The van der Waals surface area contributed by atoms with Gasteiger partial charge in [0.05, 0.1) is 11.8 Å². The first-order chi connectivity index (χ1) is 15.6. The molecule has 1 unspecified atom stereocenters. The zero-order chi connectivity index (χ0) is 21.7. The van der Waals surface area contributed by atoms with E-state index in [1.165, 1.54) is 56.2 Å². The molecule has 1 aromatic heterocycles. The number of halogens is 1. The van der Waals surface area contributed by atoms with Crippen molar-refractivity contribution in [1.29, 1.82) is 0 Å². The molecule has 0 spiro atoms. The minimum atomic E-state index is -0.305. The van der Waals surface area contributed by atoms with E-state index in [0.717, 1.165) is 60.9 Å². The van der Waals surface area contributed by atoms with Crippen LogP contribution in [-0.4, -0.2) is 39.2 Å². The van der Waals surface area contributed by atoms with Crippen LogP contribution in [0.15, 0.2) is 30.6 Å². The lowest BCUT2D eigenvalue weighted by Crippen LogP contribution is -2.53. The van der Waals surface area contributed by atoms with Crippen molar-refractivity contribution in [3.63, 3.8) is 0 Å². The van der Waals surface area contributed by atoms with Gasteiger partial charge in [0.1, 0.15) is 18.0 Å². The molecule has 4 bridgehead atoms. The Morgan fingerprint density at radius 3 is 2.44 bits per heavy atom. The van der Waals surface area contributed by atoms with Gasteiger partial charge in [-0.15, -0.1) is 0 Å². The fourth-order valence-corrected chi connectivity index (χ4v) is 7.54. The lowest BCUT2D eigenvalue weighted by Gasteiger charge is -2.58. The summed E-state index contributed by atoms with van der Waals surface area (Å²) in [7, 11) is 0. The maximum Gasteiger partial charge on any atom is 0.133 e. The monoisotopic (exact) mass is 436 g/mol. The summed E-state index contributed by atoms with van der Waals surface area (Å²) in [5, 5.41) is 14.8. The van der Waals surface area contributed by atoms with Crippen LogP contribution in [0.2, 0.25) is 0 Å². The van der Waals surface area contributed by atoms with Gasteiger partial charge in [0.25, 0.3) is 0 Å². The summed E-state index contributed by atoms with van der Waals surface area (Å²) in [5.74, 6) is 3.22. The molecule has 7 rings (SSSR count). The number of aromatic nitrogens is 2. The Bertz CT molecular complexity index is 943. The van der Waals surface area contributed by atoms with Gasteiger partial charge in [0, 0.05) is 31.7 Å².